The topological polar surface area (TPSA) is 37.3 Å². The fourth-order valence-corrected chi connectivity index (χ4v) is 0.835. The van der Waals surface area contributed by atoms with Gasteiger partial charge in [0.1, 0.15) is 4.83 Å². The van der Waals surface area contributed by atoms with Crippen LogP contribution in [0.5, 0.6) is 0 Å². The molecular formula is C5H10BrClO2. The van der Waals surface area contributed by atoms with Crippen LogP contribution in [0.1, 0.15) is 19.8 Å². The van der Waals surface area contributed by atoms with Gasteiger partial charge in [-0.1, -0.05) is 29.3 Å². The Morgan fingerprint density at radius 2 is 2.22 bits per heavy atom. The summed E-state index contributed by atoms with van der Waals surface area (Å²) >= 11 is 3.00. The minimum Gasteiger partial charge on any atom is -0.480 e. The second-order valence-electron chi connectivity index (χ2n) is 1.59. The smallest absolute Gasteiger partial charge is 0.317 e. The summed E-state index contributed by atoms with van der Waals surface area (Å²) in [5.74, 6) is -0.771. The number of halogens is 2. The van der Waals surface area contributed by atoms with E-state index in [-0.39, 0.29) is 17.2 Å². The van der Waals surface area contributed by atoms with E-state index in [2.05, 4.69) is 15.9 Å². The van der Waals surface area contributed by atoms with E-state index in [0.717, 1.165) is 6.42 Å². The Morgan fingerprint density at radius 1 is 1.78 bits per heavy atom. The van der Waals surface area contributed by atoms with Gasteiger partial charge in [0, 0.05) is 0 Å². The summed E-state index contributed by atoms with van der Waals surface area (Å²) in [5.41, 5.74) is 0. The maximum Gasteiger partial charge on any atom is 0.317 e. The lowest BCUT2D eigenvalue weighted by molar-refractivity contribution is -0.136. The quantitative estimate of drug-likeness (QED) is 0.735. The van der Waals surface area contributed by atoms with Crippen molar-refractivity contribution in [2.75, 3.05) is 0 Å². The third-order valence-corrected chi connectivity index (χ3v) is 1.66. The van der Waals surface area contributed by atoms with Crippen LogP contribution in [0.25, 0.3) is 0 Å². The summed E-state index contributed by atoms with van der Waals surface area (Å²) in [7, 11) is 0. The van der Waals surface area contributed by atoms with Gasteiger partial charge in [-0.25, -0.2) is 0 Å². The summed E-state index contributed by atoms with van der Waals surface area (Å²) in [4.78, 5) is 9.69. The fraction of sp³-hybridized carbons (Fsp3) is 0.800. The average molecular weight is 217 g/mol. The van der Waals surface area contributed by atoms with Crippen LogP contribution in [-0.4, -0.2) is 15.9 Å². The maximum atomic E-state index is 10.0. The Bertz CT molecular complexity index is 87.0. The van der Waals surface area contributed by atoms with Crippen molar-refractivity contribution in [3.8, 4) is 0 Å². The van der Waals surface area contributed by atoms with E-state index in [1.807, 2.05) is 6.92 Å². The minimum atomic E-state index is -0.771. The number of carboxylic acid groups (broad SMARTS) is 1. The maximum absolute atomic E-state index is 10.0. The zero-order valence-electron chi connectivity index (χ0n) is 5.13. The van der Waals surface area contributed by atoms with Gasteiger partial charge in [-0.05, 0) is 6.42 Å². The number of carboxylic acids is 1. The molecule has 0 radical (unpaired) electrons. The highest BCUT2D eigenvalue weighted by molar-refractivity contribution is 9.10. The van der Waals surface area contributed by atoms with Gasteiger partial charge in [0.15, 0.2) is 0 Å². The van der Waals surface area contributed by atoms with Gasteiger partial charge in [0.05, 0.1) is 0 Å². The highest BCUT2D eigenvalue weighted by Gasteiger charge is 2.09. The zero-order valence-corrected chi connectivity index (χ0v) is 7.54. The molecule has 0 aromatic heterocycles. The van der Waals surface area contributed by atoms with Crippen molar-refractivity contribution in [3.05, 3.63) is 0 Å². The van der Waals surface area contributed by atoms with E-state index in [1.165, 1.54) is 0 Å². The van der Waals surface area contributed by atoms with Gasteiger partial charge in [-0.15, -0.1) is 12.4 Å². The second kappa shape index (κ2) is 6.36. The van der Waals surface area contributed by atoms with Crippen LogP contribution in [0.2, 0.25) is 0 Å². The predicted octanol–water partition coefficient (Wildman–Crippen LogP) is 2.06. The minimum absolute atomic E-state index is 0. The molecule has 56 valence electrons. The molecule has 9 heavy (non-hydrogen) atoms. The first kappa shape index (κ1) is 12.0. The lowest BCUT2D eigenvalue weighted by Gasteiger charge is -1.98. The number of hydrogen-bond donors (Lipinski definition) is 1. The molecule has 0 aliphatic rings. The largest absolute Gasteiger partial charge is 0.480 e. The molecule has 0 aromatic carbocycles. The standard InChI is InChI=1S/C5H9BrO2.ClH/c1-2-3-4(6)5(7)8;/h4H,2-3H2,1H3,(H,7,8);1H. The van der Waals surface area contributed by atoms with Gasteiger partial charge in [0.25, 0.3) is 0 Å². The molecule has 1 atom stereocenters. The van der Waals surface area contributed by atoms with E-state index in [9.17, 15) is 4.79 Å². The molecule has 1 N–H and O–H groups in total. The monoisotopic (exact) mass is 216 g/mol. The van der Waals surface area contributed by atoms with E-state index in [1.54, 1.807) is 0 Å². The Morgan fingerprint density at radius 3 is 2.33 bits per heavy atom. The SMILES string of the molecule is CCCC(Br)C(=O)O.Cl. The van der Waals surface area contributed by atoms with Crippen molar-refractivity contribution in [2.45, 2.75) is 24.6 Å². The van der Waals surface area contributed by atoms with Gasteiger partial charge in [0.2, 0.25) is 0 Å². The van der Waals surface area contributed by atoms with Crippen LogP contribution in [0.15, 0.2) is 0 Å². The van der Waals surface area contributed by atoms with Crippen LogP contribution >= 0.6 is 28.3 Å². The van der Waals surface area contributed by atoms with Gasteiger partial charge in [-0.3, -0.25) is 4.79 Å². The van der Waals surface area contributed by atoms with E-state index in [0.29, 0.717) is 6.42 Å². The van der Waals surface area contributed by atoms with Crippen molar-refractivity contribution >= 4 is 34.3 Å². The fourth-order valence-electron chi connectivity index (χ4n) is 0.377. The Labute approximate surface area is 69.2 Å². The van der Waals surface area contributed by atoms with Gasteiger partial charge in [-0.2, -0.15) is 0 Å². The lowest BCUT2D eigenvalue weighted by atomic mass is 10.2. The van der Waals surface area contributed by atoms with Gasteiger partial charge < -0.3 is 5.11 Å². The molecule has 1 unspecified atom stereocenters. The molecule has 0 saturated carbocycles. The van der Waals surface area contributed by atoms with Crippen molar-refractivity contribution in [1.29, 1.82) is 0 Å². The number of rotatable bonds is 3. The zero-order chi connectivity index (χ0) is 6.57. The van der Waals surface area contributed by atoms with Crippen LogP contribution in [-0.2, 0) is 4.79 Å². The third kappa shape index (κ3) is 6.12. The second-order valence-corrected chi connectivity index (χ2v) is 2.70. The van der Waals surface area contributed by atoms with E-state index < -0.39 is 5.97 Å². The Balaban J connectivity index is 0. The lowest BCUT2D eigenvalue weighted by Crippen LogP contribution is -2.11. The molecular weight excluding hydrogens is 207 g/mol. The third-order valence-electron chi connectivity index (χ3n) is 0.810. The normalized spacial score (nSPS) is 11.8. The summed E-state index contributed by atoms with van der Waals surface area (Å²) in [6, 6.07) is 0. The molecule has 0 bridgehead atoms. The number of hydrogen-bond acceptors (Lipinski definition) is 1. The first-order valence-corrected chi connectivity index (χ1v) is 3.47. The number of aliphatic carboxylic acids is 1. The first-order valence-electron chi connectivity index (χ1n) is 2.55. The highest BCUT2D eigenvalue weighted by Crippen LogP contribution is 2.06. The number of carbonyl (C=O) groups is 1. The van der Waals surface area contributed by atoms with Crippen LogP contribution in [0, 0.1) is 0 Å². The van der Waals surface area contributed by atoms with Crippen molar-refractivity contribution < 1.29 is 9.90 Å². The predicted molar refractivity (Wildman–Crippen MR) is 42.5 cm³/mol. The summed E-state index contributed by atoms with van der Waals surface area (Å²) in [5, 5.41) is 8.27. The van der Waals surface area contributed by atoms with E-state index in [4.69, 9.17) is 5.11 Å². The van der Waals surface area contributed by atoms with E-state index >= 15 is 0 Å². The molecule has 0 aliphatic heterocycles. The molecule has 0 rings (SSSR count). The highest BCUT2D eigenvalue weighted by atomic mass is 79.9. The number of alkyl halides is 1. The van der Waals surface area contributed by atoms with Crippen molar-refractivity contribution in [3.63, 3.8) is 0 Å². The molecule has 0 aromatic rings. The summed E-state index contributed by atoms with van der Waals surface area (Å²) in [6.07, 6.45) is 1.61. The van der Waals surface area contributed by atoms with Crippen molar-refractivity contribution in [1.82, 2.24) is 0 Å². The molecule has 0 fully saturated rings. The first-order chi connectivity index (χ1) is 3.68. The van der Waals surface area contributed by atoms with Crippen LogP contribution in [0.4, 0.5) is 0 Å². The van der Waals surface area contributed by atoms with Gasteiger partial charge >= 0.3 is 5.97 Å². The molecule has 0 heterocycles. The Hall–Kier alpha value is 0.240. The molecule has 0 saturated heterocycles. The molecule has 0 amide bonds. The Kier molecular flexibility index (Phi) is 8.46. The molecule has 0 aliphatic carbocycles. The molecule has 2 nitrogen and oxygen atoms in total. The summed E-state index contributed by atoms with van der Waals surface area (Å²) in [6.45, 7) is 1.96. The van der Waals surface area contributed by atoms with Crippen LogP contribution in [0.3, 0.4) is 0 Å². The summed E-state index contributed by atoms with van der Waals surface area (Å²) < 4.78 is 0. The van der Waals surface area contributed by atoms with Crippen molar-refractivity contribution in [2.24, 2.45) is 0 Å². The molecule has 0 spiro atoms. The average Bonchev–Trinajstić information content (AvgIpc) is 1.67. The van der Waals surface area contributed by atoms with Crippen LogP contribution < -0.4 is 0 Å². The molecule has 4 heteroatoms.